The molecule has 1 atom stereocenters. The zero-order valence-electron chi connectivity index (χ0n) is 11.3. The summed E-state index contributed by atoms with van der Waals surface area (Å²) in [6, 6.07) is 0. The Balaban J connectivity index is 2.86. The molecule has 0 amide bonds. The Morgan fingerprint density at radius 1 is 1.00 bits per heavy atom. The van der Waals surface area contributed by atoms with Crippen LogP contribution in [0.25, 0.3) is 0 Å². The van der Waals surface area contributed by atoms with Gasteiger partial charge in [-0.2, -0.15) is 0 Å². The molecular weight excluding hydrogens is 202 g/mol. The van der Waals surface area contributed by atoms with Crippen LogP contribution in [0.15, 0.2) is 0 Å². The van der Waals surface area contributed by atoms with Gasteiger partial charge in [0.1, 0.15) is 0 Å². The molecule has 1 saturated heterocycles. The molecule has 1 rings (SSSR count). The van der Waals surface area contributed by atoms with Crippen LogP contribution >= 0.6 is 11.8 Å². The maximum absolute atomic E-state index is 2.70. The average Bonchev–Trinajstić information content (AvgIpc) is 2.24. The highest BCUT2D eigenvalue weighted by Gasteiger charge is 2.37. The first-order valence-corrected chi connectivity index (χ1v) is 7.16. The van der Waals surface area contributed by atoms with Crippen LogP contribution in [-0.4, -0.2) is 28.1 Å². The zero-order chi connectivity index (χ0) is 11.7. The highest BCUT2D eigenvalue weighted by Crippen LogP contribution is 2.39. The van der Waals surface area contributed by atoms with Crippen LogP contribution < -0.4 is 0 Å². The van der Waals surface area contributed by atoms with Crippen molar-refractivity contribution in [3.8, 4) is 0 Å². The van der Waals surface area contributed by atoms with Gasteiger partial charge in [-0.05, 0) is 51.3 Å². The van der Waals surface area contributed by atoms with Gasteiger partial charge in [0, 0.05) is 5.54 Å². The Kier molecular flexibility index (Phi) is 4.16. The SMILES string of the molecule is CC(C)(C)C1SCCCCN1C(C)(C)C. The molecular formula is C13H27NS. The lowest BCUT2D eigenvalue weighted by Gasteiger charge is -2.46. The first-order chi connectivity index (χ1) is 6.73. The van der Waals surface area contributed by atoms with Crippen LogP contribution in [0.3, 0.4) is 0 Å². The molecule has 0 bridgehead atoms. The summed E-state index contributed by atoms with van der Waals surface area (Å²) in [7, 11) is 0. The highest BCUT2D eigenvalue weighted by atomic mass is 32.2. The van der Waals surface area contributed by atoms with Crippen LogP contribution in [-0.2, 0) is 0 Å². The van der Waals surface area contributed by atoms with Crippen LogP contribution in [0.4, 0.5) is 0 Å². The summed E-state index contributed by atoms with van der Waals surface area (Å²) < 4.78 is 0. The Morgan fingerprint density at radius 3 is 2.07 bits per heavy atom. The van der Waals surface area contributed by atoms with Crippen LogP contribution in [0.1, 0.15) is 54.4 Å². The summed E-state index contributed by atoms with van der Waals surface area (Å²) in [6.07, 6.45) is 2.74. The first-order valence-electron chi connectivity index (χ1n) is 6.11. The van der Waals surface area contributed by atoms with E-state index in [0.29, 0.717) is 16.3 Å². The lowest BCUT2D eigenvalue weighted by Crippen LogP contribution is -2.51. The minimum absolute atomic E-state index is 0.301. The highest BCUT2D eigenvalue weighted by molar-refractivity contribution is 7.99. The molecule has 2 heteroatoms. The molecule has 0 N–H and O–H groups in total. The molecule has 15 heavy (non-hydrogen) atoms. The third kappa shape index (κ3) is 3.67. The Morgan fingerprint density at radius 2 is 1.60 bits per heavy atom. The van der Waals surface area contributed by atoms with Gasteiger partial charge >= 0.3 is 0 Å². The summed E-state index contributed by atoms with van der Waals surface area (Å²) >= 11 is 2.15. The molecule has 0 saturated carbocycles. The fourth-order valence-electron chi connectivity index (χ4n) is 2.19. The quantitative estimate of drug-likeness (QED) is 0.618. The molecule has 0 radical (unpaired) electrons. The van der Waals surface area contributed by atoms with Crippen LogP contribution in [0.2, 0.25) is 0 Å². The van der Waals surface area contributed by atoms with Gasteiger partial charge in [-0.25, -0.2) is 0 Å². The van der Waals surface area contributed by atoms with E-state index < -0.39 is 0 Å². The standard InChI is InChI=1S/C13H27NS/c1-12(2,3)11-14(13(4,5)6)9-7-8-10-15-11/h11H,7-10H2,1-6H3. The van der Waals surface area contributed by atoms with E-state index in [1.165, 1.54) is 25.1 Å². The van der Waals surface area contributed by atoms with E-state index in [9.17, 15) is 0 Å². The van der Waals surface area contributed by atoms with Crippen molar-refractivity contribution in [2.24, 2.45) is 5.41 Å². The molecule has 90 valence electrons. The number of thioether (sulfide) groups is 1. The van der Waals surface area contributed by atoms with Crippen molar-refractivity contribution in [2.75, 3.05) is 12.3 Å². The normalized spacial score (nSPS) is 26.4. The number of rotatable bonds is 0. The van der Waals surface area contributed by atoms with E-state index in [1.807, 2.05) is 0 Å². The van der Waals surface area contributed by atoms with Gasteiger partial charge in [0.25, 0.3) is 0 Å². The van der Waals surface area contributed by atoms with Crippen molar-refractivity contribution in [3.05, 3.63) is 0 Å². The Labute approximate surface area is 100.0 Å². The zero-order valence-corrected chi connectivity index (χ0v) is 12.1. The lowest BCUT2D eigenvalue weighted by atomic mass is 9.92. The van der Waals surface area contributed by atoms with Gasteiger partial charge in [0.05, 0.1) is 5.37 Å². The van der Waals surface area contributed by atoms with Crippen molar-refractivity contribution < 1.29 is 0 Å². The molecule has 0 aromatic rings. The third-order valence-corrected chi connectivity index (χ3v) is 4.76. The predicted molar refractivity (Wildman–Crippen MR) is 71.4 cm³/mol. The largest absolute Gasteiger partial charge is 0.286 e. The van der Waals surface area contributed by atoms with E-state index in [-0.39, 0.29) is 0 Å². The molecule has 0 aromatic carbocycles. The van der Waals surface area contributed by atoms with E-state index in [1.54, 1.807) is 0 Å². The maximum atomic E-state index is 2.70. The fourth-order valence-corrected chi connectivity index (χ4v) is 3.89. The molecule has 0 aliphatic carbocycles. The summed E-state index contributed by atoms with van der Waals surface area (Å²) in [5, 5.41) is 0.667. The molecule has 1 nitrogen and oxygen atoms in total. The smallest absolute Gasteiger partial charge is 0.0610 e. The predicted octanol–water partition coefficient (Wildman–Crippen LogP) is 3.99. The summed E-state index contributed by atoms with van der Waals surface area (Å²) in [5.74, 6) is 1.33. The van der Waals surface area contributed by atoms with Crippen molar-refractivity contribution in [1.29, 1.82) is 0 Å². The molecule has 1 heterocycles. The topological polar surface area (TPSA) is 3.24 Å². The second-order valence-corrected chi connectivity index (χ2v) is 7.85. The van der Waals surface area contributed by atoms with Gasteiger partial charge < -0.3 is 0 Å². The minimum atomic E-state index is 0.301. The van der Waals surface area contributed by atoms with Crippen LogP contribution in [0, 0.1) is 5.41 Å². The second-order valence-electron chi connectivity index (χ2n) is 6.66. The lowest BCUT2D eigenvalue weighted by molar-refractivity contribution is 0.0724. The van der Waals surface area contributed by atoms with Crippen LogP contribution in [0.5, 0.6) is 0 Å². The molecule has 1 aliphatic rings. The van der Waals surface area contributed by atoms with Gasteiger partial charge in [-0.15, -0.1) is 11.8 Å². The summed E-state index contributed by atoms with van der Waals surface area (Å²) in [6.45, 7) is 15.4. The number of hydrogen-bond donors (Lipinski definition) is 0. The van der Waals surface area contributed by atoms with Crippen molar-refractivity contribution in [3.63, 3.8) is 0 Å². The number of nitrogens with zero attached hydrogens (tertiary/aromatic N) is 1. The van der Waals surface area contributed by atoms with E-state index in [4.69, 9.17) is 0 Å². The Bertz CT molecular complexity index is 178. The van der Waals surface area contributed by atoms with Gasteiger partial charge in [-0.3, -0.25) is 4.90 Å². The maximum Gasteiger partial charge on any atom is 0.0610 e. The van der Waals surface area contributed by atoms with Gasteiger partial charge in [-0.1, -0.05) is 20.8 Å². The molecule has 0 spiro atoms. The summed E-state index contributed by atoms with van der Waals surface area (Å²) in [5.41, 5.74) is 0.678. The average molecular weight is 229 g/mol. The Hall–Kier alpha value is 0.310. The number of hydrogen-bond acceptors (Lipinski definition) is 2. The molecule has 1 unspecified atom stereocenters. The minimum Gasteiger partial charge on any atom is -0.286 e. The second kappa shape index (κ2) is 4.67. The molecule has 1 aliphatic heterocycles. The van der Waals surface area contributed by atoms with E-state index >= 15 is 0 Å². The van der Waals surface area contributed by atoms with E-state index in [0.717, 1.165) is 0 Å². The monoisotopic (exact) mass is 229 g/mol. The third-order valence-electron chi connectivity index (χ3n) is 2.95. The molecule has 1 fully saturated rings. The summed E-state index contributed by atoms with van der Waals surface area (Å²) in [4.78, 5) is 2.70. The van der Waals surface area contributed by atoms with Gasteiger partial charge in [0.15, 0.2) is 0 Å². The van der Waals surface area contributed by atoms with Gasteiger partial charge in [0.2, 0.25) is 0 Å². The first kappa shape index (κ1) is 13.4. The van der Waals surface area contributed by atoms with E-state index in [2.05, 4.69) is 58.2 Å². The fraction of sp³-hybridized carbons (Fsp3) is 1.00. The van der Waals surface area contributed by atoms with Crippen molar-refractivity contribution in [1.82, 2.24) is 4.90 Å². The van der Waals surface area contributed by atoms with Crippen molar-refractivity contribution in [2.45, 2.75) is 65.3 Å². The molecule has 0 aromatic heterocycles. The van der Waals surface area contributed by atoms with Crippen molar-refractivity contribution >= 4 is 11.8 Å².